The fraction of sp³-hybridized carbons (Fsp3) is 0.522. The number of carboxylic acids is 1. The van der Waals surface area contributed by atoms with Crippen molar-refractivity contribution in [2.24, 2.45) is 0 Å². The number of piperidine rings is 1. The van der Waals surface area contributed by atoms with E-state index in [4.69, 9.17) is 24.7 Å². The van der Waals surface area contributed by atoms with Crippen LogP contribution in [0.1, 0.15) is 34.3 Å². The van der Waals surface area contributed by atoms with Crippen molar-refractivity contribution in [3.8, 4) is 0 Å². The van der Waals surface area contributed by atoms with E-state index in [1.165, 1.54) is 34.8 Å². The quantitative estimate of drug-likeness (QED) is 0.568. The van der Waals surface area contributed by atoms with Crippen LogP contribution in [0.2, 0.25) is 0 Å². The average molecular weight is 512 g/mol. The number of hydrogen-bond acceptors (Lipinski definition) is 7. The smallest absolute Gasteiger partial charge is 0.475 e. The monoisotopic (exact) mass is 511 g/mol. The molecule has 1 unspecified atom stereocenters. The predicted molar refractivity (Wildman–Crippen MR) is 126 cm³/mol. The Morgan fingerprint density at radius 1 is 1.20 bits per heavy atom. The summed E-state index contributed by atoms with van der Waals surface area (Å²) in [5.41, 5.74) is 2.14. The van der Waals surface area contributed by atoms with Gasteiger partial charge in [0.1, 0.15) is 0 Å². The van der Waals surface area contributed by atoms with Crippen LogP contribution < -0.4 is 4.90 Å². The molecule has 0 amide bonds. The fourth-order valence-corrected chi connectivity index (χ4v) is 5.20. The number of carbonyl (C=O) groups is 1. The summed E-state index contributed by atoms with van der Waals surface area (Å²) in [6.07, 6.45) is -0.580. The predicted octanol–water partition coefficient (Wildman–Crippen LogP) is 3.95. The minimum atomic E-state index is -5.08. The van der Waals surface area contributed by atoms with E-state index >= 15 is 0 Å². The Labute approximate surface area is 204 Å². The zero-order chi connectivity index (χ0) is 25.0. The molecule has 0 bridgehead atoms. The molecule has 0 aromatic carbocycles. The molecule has 0 spiro atoms. The molecule has 190 valence electrons. The summed E-state index contributed by atoms with van der Waals surface area (Å²) in [5.74, 6) is -1.35. The number of aliphatic carboxylic acids is 1. The summed E-state index contributed by atoms with van der Waals surface area (Å²) in [6.45, 7) is 8.90. The number of aryl methyl sites for hydroxylation is 1. The van der Waals surface area contributed by atoms with Crippen LogP contribution in [0.4, 0.5) is 18.9 Å². The lowest BCUT2D eigenvalue weighted by Crippen LogP contribution is -2.36. The molecule has 3 aromatic rings. The molecule has 2 saturated heterocycles. The third-order valence-corrected chi connectivity index (χ3v) is 6.98. The van der Waals surface area contributed by atoms with Crippen molar-refractivity contribution in [1.29, 1.82) is 0 Å². The van der Waals surface area contributed by atoms with E-state index in [-0.39, 0.29) is 0 Å². The Morgan fingerprint density at radius 2 is 1.94 bits per heavy atom. The lowest BCUT2D eigenvalue weighted by Gasteiger charge is -2.30. The van der Waals surface area contributed by atoms with E-state index in [0.717, 1.165) is 50.9 Å². The zero-order valence-corrected chi connectivity index (χ0v) is 20.2. The molecule has 35 heavy (non-hydrogen) atoms. The first-order valence-corrected chi connectivity index (χ1v) is 12.3. The van der Waals surface area contributed by atoms with Gasteiger partial charge in [-0.05, 0) is 50.6 Å². The van der Waals surface area contributed by atoms with Crippen LogP contribution in [0, 0.1) is 6.92 Å². The van der Waals surface area contributed by atoms with Gasteiger partial charge in [-0.25, -0.2) is 14.3 Å². The number of alkyl halides is 3. The van der Waals surface area contributed by atoms with Crippen molar-refractivity contribution in [3.63, 3.8) is 0 Å². The van der Waals surface area contributed by atoms with Crippen LogP contribution in [-0.4, -0.2) is 76.1 Å². The fourth-order valence-electron chi connectivity index (χ4n) is 4.27. The van der Waals surface area contributed by atoms with E-state index < -0.39 is 12.1 Å². The van der Waals surface area contributed by atoms with Gasteiger partial charge >= 0.3 is 12.1 Å². The van der Waals surface area contributed by atoms with Gasteiger partial charge in [-0.15, -0.1) is 11.3 Å². The summed E-state index contributed by atoms with van der Waals surface area (Å²) < 4.78 is 39.2. The van der Waals surface area contributed by atoms with Crippen molar-refractivity contribution in [3.05, 3.63) is 46.0 Å². The van der Waals surface area contributed by atoms with E-state index in [2.05, 4.69) is 47.2 Å². The molecule has 1 atom stereocenters. The highest BCUT2D eigenvalue weighted by atomic mass is 32.1. The number of morpholine rings is 1. The minimum Gasteiger partial charge on any atom is -0.475 e. The maximum absolute atomic E-state index is 10.6. The standard InChI is InChI=1S/C21H27N5OS.C2HF3O2/c1-16-4-6-19(28-16)15-24-8-2-3-17(13-24)21-22-20-7-5-18(14-26(20)23-21)25-9-11-27-12-10-25;3-2(4,5)1(6)7/h4-7,14,17H,2-3,8-13,15H2,1H3;(H,6,7). The van der Waals surface area contributed by atoms with Gasteiger partial charge in [0.15, 0.2) is 11.5 Å². The van der Waals surface area contributed by atoms with Crippen molar-refractivity contribution >= 4 is 28.6 Å². The molecular formula is C23H28F3N5O3S. The first-order valence-electron chi connectivity index (χ1n) is 11.5. The number of anilines is 1. The van der Waals surface area contributed by atoms with E-state index in [1.807, 2.05) is 15.9 Å². The third-order valence-electron chi connectivity index (χ3n) is 6.00. The van der Waals surface area contributed by atoms with Crippen LogP contribution in [0.25, 0.3) is 5.65 Å². The number of likely N-dealkylation sites (tertiary alicyclic amines) is 1. The Bertz CT molecular complexity index is 1140. The number of ether oxygens (including phenoxy) is 1. The lowest BCUT2D eigenvalue weighted by molar-refractivity contribution is -0.192. The van der Waals surface area contributed by atoms with Gasteiger partial charge < -0.3 is 14.7 Å². The largest absolute Gasteiger partial charge is 0.490 e. The van der Waals surface area contributed by atoms with Crippen molar-refractivity contribution in [1.82, 2.24) is 19.5 Å². The van der Waals surface area contributed by atoms with Crippen molar-refractivity contribution in [2.45, 2.75) is 38.4 Å². The van der Waals surface area contributed by atoms with Gasteiger partial charge in [0.25, 0.3) is 0 Å². The number of rotatable bonds is 4. The normalized spacial score (nSPS) is 19.4. The highest BCUT2D eigenvalue weighted by molar-refractivity contribution is 7.11. The molecule has 8 nitrogen and oxygen atoms in total. The van der Waals surface area contributed by atoms with Gasteiger partial charge in [0, 0.05) is 41.9 Å². The summed E-state index contributed by atoms with van der Waals surface area (Å²) >= 11 is 1.91. The molecule has 5 rings (SSSR count). The van der Waals surface area contributed by atoms with Crippen LogP contribution in [-0.2, 0) is 16.1 Å². The summed E-state index contributed by atoms with van der Waals surface area (Å²) in [7, 11) is 0. The summed E-state index contributed by atoms with van der Waals surface area (Å²) in [5, 5.41) is 12.0. The summed E-state index contributed by atoms with van der Waals surface area (Å²) in [6, 6.07) is 8.73. The number of carboxylic acid groups (broad SMARTS) is 1. The van der Waals surface area contributed by atoms with Gasteiger partial charge in [-0.1, -0.05) is 0 Å². The number of thiophene rings is 1. The average Bonchev–Trinajstić information content (AvgIpc) is 3.45. The van der Waals surface area contributed by atoms with Crippen LogP contribution in [0.15, 0.2) is 30.5 Å². The van der Waals surface area contributed by atoms with Gasteiger partial charge in [-0.2, -0.15) is 18.3 Å². The Hall–Kier alpha value is -2.70. The second-order valence-corrected chi connectivity index (χ2v) is 10.0. The Kier molecular flexibility index (Phi) is 7.92. The Morgan fingerprint density at radius 3 is 2.60 bits per heavy atom. The molecule has 2 aliphatic heterocycles. The zero-order valence-electron chi connectivity index (χ0n) is 19.4. The molecule has 0 saturated carbocycles. The third kappa shape index (κ3) is 6.71. The number of fused-ring (bicyclic) bond motifs is 1. The molecule has 12 heteroatoms. The second kappa shape index (κ2) is 10.9. The first-order chi connectivity index (χ1) is 16.7. The molecule has 0 aliphatic carbocycles. The molecule has 0 radical (unpaired) electrons. The molecule has 2 aliphatic rings. The molecule has 2 fully saturated rings. The number of pyridine rings is 1. The van der Waals surface area contributed by atoms with Gasteiger partial charge in [-0.3, -0.25) is 4.90 Å². The van der Waals surface area contributed by atoms with Crippen LogP contribution >= 0.6 is 11.3 Å². The molecular weight excluding hydrogens is 483 g/mol. The number of nitrogens with zero attached hydrogens (tertiary/aromatic N) is 5. The highest BCUT2D eigenvalue weighted by Gasteiger charge is 2.38. The van der Waals surface area contributed by atoms with Crippen molar-refractivity contribution < 1.29 is 27.8 Å². The maximum Gasteiger partial charge on any atom is 0.490 e. The van der Waals surface area contributed by atoms with Crippen LogP contribution in [0.3, 0.4) is 0 Å². The van der Waals surface area contributed by atoms with Crippen LogP contribution in [0.5, 0.6) is 0 Å². The number of halogens is 3. The molecule has 5 heterocycles. The molecule has 1 N–H and O–H groups in total. The van der Waals surface area contributed by atoms with Crippen molar-refractivity contribution in [2.75, 3.05) is 44.3 Å². The number of aromatic nitrogens is 3. The SMILES string of the molecule is Cc1ccc(CN2CCCC(c3nc4ccc(N5CCOCC5)cn4n3)C2)s1.O=C(O)C(F)(F)F. The van der Waals surface area contributed by atoms with E-state index in [0.29, 0.717) is 5.92 Å². The first kappa shape index (κ1) is 25.4. The van der Waals surface area contributed by atoms with E-state index in [9.17, 15) is 13.2 Å². The molecule has 3 aromatic heterocycles. The topological polar surface area (TPSA) is 83.2 Å². The number of hydrogen-bond donors (Lipinski definition) is 1. The second-order valence-electron chi connectivity index (χ2n) is 8.65. The highest BCUT2D eigenvalue weighted by Crippen LogP contribution is 2.28. The Balaban J connectivity index is 0.000000364. The van der Waals surface area contributed by atoms with E-state index in [1.54, 1.807) is 0 Å². The maximum atomic E-state index is 10.6. The van der Waals surface area contributed by atoms with Gasteiger partial charge in [0.05, 0.1) is 25.1 Å². The summed E-state index contributed by atoms with van der Waals surface area (Å²) in [4.78, 5) is 21.5. The lowest BCUT2D eigenvalue weighted by atomic mass is 9.97. The van der Waals surface area contributed by atoms with Gasteiger partial charge in [0.2, 0.25) is 0 Å². The minimum absolute atomic E-state index is 0.418.